The second-order valence-corrected chi connectivity index (χ2v) is 6.06. The predicted molar refractivity (Wildman–Crippen MR) is 78.6 cm³/mol. The molecular formula is C15H13ClF3N3O2. The Morgan fingerprint density at radius 1 is 1.42 bits per heavy atom. The number of amides is 1. The molecule has 1 N–H and O–H groups in total. The first-order chi connectivity index (χ1) is 11.3. The second-order valence-electron chi connectivity index (χ2n) is 5.65. The van der Waals surface area contributed by atoms with Crippen LogP contribution in [0.5, 0.6) is 0 Å². The van der Waals surface area contributed by atoms with E-state index in [0.29, 0.717) is 17.8 Å². The summed E-state index contributed by atoms with van der Waals surface area (Å²) in [5.41, 5.74) is -1.21. The number of rotatable bonds is 4. The molecule has 5 nitrogen and oxygen atoms in total. The highest BCUT2D eigenvalue weighted by molar-refractivity contribution is 6.33. The van der Waals surface area contributed by atoms with Crippen molar-refractivity contribution in [3.63, 3.8) is 0 Å². The van der Waals surface area contributed by atoms with Crippen LogP contribution in [0.2, 0.25) is 5.02 Å². The lowest BCUT2D eigenvalue weighted by atomic mass is 10.1. The lowest BCUT2D eigenvalue weighted by Crippen LogP contribution is -2.27. The van der Waals surface area contributed by atoms with Crippen LogP contribution in [0, 0.1) is 0 Å². The molecule has 24 heavy (non-hydrogen) atoms. The highest BCUT2D eigenvalue weighted by atomic mass is 35.5. The number of nitrogens with one attached hydrogen (secondary N) is 1. The number of carbonyl (C=O) groups is 1. The number of halogens is 4. The van der Waals surface area contributed by atoms with Crippen LogP contribution in [-0.2, 0) is 6.18 Å². The van der Waals surface area contributed by atoms with E-state index in [1.54, 1.807) is 6.92 Å². The molecule has 1 heterocycles. The van der Waals surface area contributed by atoms with Crippen LogP contribution in [0.4, 0.5) is 13.2 Å². The fourth-order valence-corrected chi connectivity index (χ4v) is 2.35. The summed E-state index contributed by atoms with van der Waals surface area (Å²) < 4.78 is 43.4. The number of alkyl halides is 3. The van der Waals surface area contributed by atoms with Gasteiger partial charge in [0.2, 0.25) is 5.89 Å². The summed E-state index contributed by atoms with van der Waals surface area (Å²) in [5.74, 6) is 0.338. The Hall–Kier alpha value is -2.09. The van der Waals surface area contributed by atoms with Crippen LogP contribution in [0.1, 0.15) is 59.4 Å². The van der Waals surface area contributed by atoms with Gasteiger partial charge in [-0.05, 0) is 38.0 Å². The number of carbonyl (C=O) groups excluding carboxylic acids is 1. The van der Waals surface area contributed by atoms with Crippen LogP contribution >= 0.6 is 11.6 Å². The normalized spacial score (nSPS) is 16.0. The van der Waals surface area contributed by atoms with Gasteiger partial charge in [0.25, 0.3) is 5.91 Å². The minimum Gasteiger partial charge on any atom is -0.340 e. The number of hydrogen-bond donors (Lipinski definition) is 1. The van der Waals surface area contributed by atoms with E-state index in [2.05, 4.69) is 15.5 Å². The first-order valence-corrected chi connectivity index (χ1v) is 7.64. The van der Waals surface area contributed by atoms with Gasteiger partial charge in [0.1, 0.15) is 6.04 Å². The average Bonchev–Trinajstić information content (AvgIpc) is 3.23. The lowest BCUT2D eigenvalue weighted by molar-refractivity contribution is -0.137. The summed E-state index contributed by atoms with van der Waals surface area (Å²) in [6.07, 6.45) is -2.56. The minimum atomic E-state index is -4.56. The Kier molecular flexibility index (Phi) is 4.25. The Morgan fingerprint density at radius 2 is 2.12 bits per heavy atom. The third-order valence-electron chi connectivity index (χ3n) is 3.66. The van der Waals surface area contributed by atoms with E-state index in [-0.39, 0.29) is 16.5 Å². The van der Waals surface area contributed by atoms with Gasteiger partial charge in [0, 0.05) is 5.92 Å². The highest BCUT2D eigenvalue weighted by Crippen LogP contribution is 2.38. The van der Waals surface area contributed by atoms with Crippen LogP contribution in [0.25, 0.3) is 0 Å². The molecule has 1 saturated carbocycles. The van der Waals surface area contributed by atoms with Crippen molar-refractivity contribution in [2.24, 2.45) is 0 Å². The Balaban J connectivity index is 1.76. The average molecular weight is 360 g/mol. The molecule has 1 aliphatic carbocycles. The molecular weight excluding hydrogens is 347 g/mol. The third kappa shape index (κ3) is 3.53. The molecule has 1 aliphatic rings. The number of hydrogen-bond acceptors (Lipinski definition) is 4. The zero-order valence-electron chi connectivity index (χ0n) is 12.5. The molecule has 0 radical (unpaired) electrons. The number of aromatic nitrogens is 2. The summed E-state index contributed by atoms with van der Waals surface area (Å²) in [4.78, 5) is 16.4. The standard InChI is InChI=1S/C15H13ClF3N3O2/c1-7(14-21-12(22-24-14)8-2-3-8)20-13(23)10-6-9(15(17,18)19)4-5-11(10)16/h4-8H,2-3H2,1H3,(H,20,23)/t7-/m1/s1. The van der Waals surface area contributed by atoms with Crippen molar-refractivity contribution < 1.29 is 22.5 Å². The maximum absolute atomic E-state index is 12.8. The van der Waals surface area contributed by atoms with E-state index >= 15 is 0 Å². The minimum absolute atomic E-state index is 0.0723. The van der Waals surface area contributed by atoms with E-state index in [4.69, 9.17) is 16.1 Å². The van der Waals surface area contributed by atoms with Gasteiger partial charge in [-0.2, -0.15) is 18.2 Å². The zero-order valence-corrected chi connectivity index (χ0v) is 13.3. The molecule has 128 valence electrons. The molecule has 2 aromatic rings. The van der Waals surface area contributed by atoms with Gasteiger partial charge in [-0.1, -0.05) is 16.8 Å². The fourth-order valence-electron chi connectivity index (χ4n) is 2.14. The molecule has 0 aliphatic heterocycles. The van der Waals surface area contributed by atoms with Gasteiger partial charge < -0.3 is 9.84 Å². The topological polar surface area (TPSA) is 68.0 Å². The monoisotopic (exact) mass is 359 g/mol. The molecule has 1 atom stereocenters. The maximum atomic E-state index is 12.8. The summed E-state index contributed by atoms with van der Waals surface area (Å²) in [6, 6.07) is 1.93. The van der Waals surface area contributed by atoms with E-state index in [1.165, 1.54) is 0 Å². The van der Waals surface area contributed by atoms with Crippen LogP contribution in [-0.4, -0.2) is 16.0 Å². The summed E-state index contributed by atoms with van der Waals surface area (Å²) >= 11 is 5.84. The molecule has 0 saturated heterocycles. The Morgan fingerprint density at radius 3 is 2.75 bits per heavy atom. The van der Waals surface area contributed by atoms with E-state index < -0.39 is 23.7 Å². The van der Waals surface area contributed by atoms with E-state index in [9.17, 15) is 18.0 Å². The molecule has 3 rings (SSSR count). The van der Waals surface area contributed by atoms with Crippen molar-refractivity contribution in [2.75, 3.05) is 0 Å². The smallest absolute Gasteiger partial charge is 0.340 e. The molecule has 1 fully saturated rings. The van der Waals surface area contributed by atoms with Crippen LogP contribution < -0.4 is 5.32 Å². The van der Waals surface area contributed by atoms with Crippen molar-refractivity contribution in [1.29, 1.82) is 0 Å². The molecule has 9 heteroatoms. The summed E-state index contributed by atoms with van der Waals surface area (Å²) in [7, 11) is 0. The van der Waals surface area contributed by atoms with Gasteiger partial charge >= 0.3 is 6.18 Å². The first kappa shape index (κ1) is 16.8. The first-order valence-electron chi connectivity index (χ1n) is 7.27. The molecule has 1 aromatic carbocycles. The number of benzene rings is 1. The highest BCUT2D eigenvalue weighted by Gasteiger charge is 2.32. The van der Waals surface area contributed by atoms with Crippen LogP contribution in [0.15, 0.2) is 22.7 Å². The van der Waals surface area contributed by atoms with Crippen molar-refractivity contribution >= 4 is 17.5 Å². The van der Waals surface area contributed by atoms with Gasteiger partial charge in [-0.25, -0.2) is 0 Å². The van der Waals surface area contributed by atoms with Crippen LogP contribution in [0.3, 0.4) is 0 Å². The van der Waals surface area contributed by atoms with Gasteiger partial charge in [-0.3, -0.25) is 4.79 Å². The number of nitrogens with zero attached hydrogens (tertiary/aromatic N) is 2. The molecule has 1 amide bonds. The van der Waals surface area contributed by atoms with Gasteiger partial charge in [0.15, 0.2) is 5.82 Å². The summed E-state index contributed by atoms with van der Waals surface area (Å²) in [6.45, 7) is 1.60. The van der Waals surface area contributed by atoms with Crippen molar-refractivity contribution in [1.82, 2.24) is 15.5 Å². The van der Waals surface area contributed by atoms with Gasteiger partial charge in [-0.15, -0.1) is 0 Å². The van der Waals surface area contributed by atoms with Gasteiger partial charge in [0.05, 0.1) is 16.1 Å². The van der Waals surface area contributed by atoms with Crippen molar-refractivity contribution in [3.8, 4) is 0 Å². The van der Waals surface area contributed by atoms with E-state index in [1.807, 2.05) is 0 Å². The fraction of sp³-hybridized carbons (Fsp3) is 0.400. The molecule has 0 unspecified atom stereocenters. The summed E-state index contributed by atoms with van der Waals surface area (Å²) in [5, 5.41) is 6.28. The maximum Gasteiger partial charge on any atom is 0.416 e. The lowest BCUT2D eigenvalue weighted by Gasteiger charge is -2.13. The zero-order chi connectivity index (χ0) is 17.5. The Bertz CT molecular complexity index is 772. The molecule has 1 aromatic heterocycles. The van der Waals surface area contributed by atoms with Crippen molar-refractivity contribution in [3.05, 3.63) is 46.1 Å². The SMILES string of the molecule is C[C@@H](NC(=O)c1cc(C(F)(F)F)ccc1Cl)c1nc(C2CC2)no1. The predicted octanol–water partition coefficient (Wildman–Crippen LogP) is 4.11. The van der Waals surface area contributed by atoms with Crippen molar-refractivity contribution in [2.45, 2.75) is 37.9 Å². The molecule has 0 bridgehead atoms. The largest absolute Gasteiger partial charge is 0.416 e. The molecule has 0 spiro atoms. The second kappa shape index (κ2) is 6.08. The van der Waals surface area contributed by atoms with E-state index in [0.717, 1.165) is 25.0 Å². The third-order valence-corrected chi connectivity index (χ3v) is 3.99. The quantitative estimate of drug-likeness (QED) is 0.892. The Labute approximate surface area is 140 Å².